The van der Waals surface area contributed by atoms with Gasteiger partial charge in [-0.1, -0.05) is 11.3 Å². The first-order valence-corrected chi connectivity index (χ1v) is 11.5. The van der Waals surface area contributed by atoms with Crippen molar-refractivity contribution in [2.75, 3.05) is 63.1 Å². The number of hydrogen-bond donors (Lipinski definition) is 1. The number of pyridine rings is 2. The SMILES string of the molecule is CCN(CC)c1ncc(-c2cc3cc(NC(=O)CN4CCN(C)CC4)ncc3cn2)s1. The van der Waals surface area contributed by atoms with Crippen LogP contribution in [0.5, 0.6) is 0 Å². The highest BCUT2D eigenvalue weighted by atomic mass is 32.1. The second-order valence-electron chi connectivity index (χ2n) is 7.79. The van der Waals surface area contributed by atoms with Gasteiger partial charge in [0, 0.05) is 63.2 Å². The molecule has 0 spiro atoms. The van der Waals surface area contributed by atoms with E-state index in [2.05, 4.69) is 55.9 Å². The maximum atomic E-state index is 12.5. The molecule has 1 aliphatic heterocycles. The van der Waals surface area contributed by atoms with Gasteiger partial charge < -0.3 is 15.1 Å². The van der Waals surface area contributed by atoms with Crippen molar-refractivity contribution in [1.29, 1.82) is 0 Å². The predicted octanol–water partition coefficient (Wildman–Crippen LogP) is 2.79. The fourth-order valence-electron chi connectivity index (χ4n) is 3.66. The van der Waals surface area contributed by atoms with Gasteiger partial charge in [0.05, 0.1) is 17.1 Å². The number of thiazole rings is 1. The number of amides is 1. The Morgan fingerprint density at radius 1 is 1.03 bits per heavy atom. The smallest absolute Gasteiger partial charge is 0.239 e. The Morgan fingerprint density at radius 2 is 1.77 bits per heavy atom. The zero-order valence-corrected chi connectivity index (χ0v) is 19.2. The number of fused-ring (bicyclic) bond motifs is 1. The first-order valence-electron chi connectivity index (χ1n) is 10.7. The van der Waals surface area contributed by atoms with Gasteiger partial charge in [0.1, 0.15) is 5.82 Å². The molecule has 0 bridgehead atoms. The van der Waals surface area contributed by atoms with Crippen molar-refractivity contribution in [2.24, 2.45) is 0 Å². The van der Waals surface area contributed by atoms with Gasteiger partial charge in [-0.05, 0) is 38.4 Å². The molecule has 164 valence electrons. The maximum Gasteiger partial charge on any atom is 0.239 e. The van der Waals surface area contributed by atoms with Gasteiger partial charge in [-0.2, -0.15) is 0 Å². The molecule has 0 unspecified atom stereocenters. The number of piperazine rings is 1. The van der Waals surface area contributed by atoms with Gasteiger partial charge in [-0.25, -0.2) is 9.97 Å². The number of nitrogens with one attached hydrogen (secondary N) is 1. The van der Waals surface area contributed by atoms with Crippen molar-refractivity contribution < 1.29 is 4.79 Å². The molecule has 1 amide bonds. The molecule has 9 heteroatoms. The Balaban J connectivity index is 1.48. The van der Waals surface area contributed by atoms with E-state index < -0.39 is 0 Å². The molecule has 3 aromatic heterocycles. The highest BCUT2D eigenvalue weighted by molar-refractivity contribution is 7.18. The van der Waals surface area contributed by atoms with Crippen LogP contribution in [0.15, 0.2) is 30.7 Å². The predicted molar refractivity (Wildman–Crippen MR) is 127 cm³/mol. The third kappa shape index (κ3) is 5.17. The fourth-order valence-corrected chi connectivity index (χ4v) is 4.67. The lowest BCUT2D eigenvalue weighted by Crippen LogP contribution is -2.47. The summed E-state index contributed by atoms with van der Waals surface area (Å²) in [5, 5.41) is 5.88. The average Bonchev–Trinajstić information content (AvgIpc) is 3.26. The molecule has 0 radical (unpaired) electrons. The average molecular weight is 440 g/mol. The Labute approximate surface area is 186 Å². The number of aromatic nitrogens is 3. The molecule has 1 saturated heterocycles. The number of nitrogens with zero attached hydrogens (tertiary/aromatic N) is 6. The van der Waals surface area contributed by atoms with Crippen LogP contribution in [0, 0.1) is 0 Å². The van der Waals surface area contributed by atoms with Gasteiger partial charge in [0.25, 0.3) is 0 Å². The van der Waals surface area contributed by atoms with E-state index in [0.29, 0.717) is 12.4 Å². The zero-order chi connectivity index (χ0) is 21.8. The van der Waals surface area contributed by atoms with Crippen molar-refractivity contribution in [3.05, 3.63) is 30.7 Å². The number of anilines is 2. The summed E-state index contributed by atoms with van der Waals surface area (Å²) in [4.78, 5) is 33.7. The minimum absolute atomic E-state index is 0.0306. The van der Waals surface area contributed by atoms with Crippen LogP contribution < -0.4 is 10.2 Å². The molecule has 8 nitrogen and oxygen atoms in total. The third-order valence-corrected chi connectivity index (χ3v) is 6.69. The summed E-state index contributed by atoms with van der Waals surface area (Å²) in [6, 6.07) is 3.95. The van der Waals surface area contributed by atoms with Crippen molar-refractivity contribution in [2.45, 2.75) is 13.8 Å². The Bertz CT molecular complexity index is 1040. The van der Waals surface area contributed by atoms with E-state index in [-0.39, 0.29) is 5.91 Å². The van der Waals surface area contributed by atoms with Crippen molar-refractivity contribution in [1.82, 2.24) is 24.8 Å². The largest absolute Gasteiger partial charge is 0.349 e. The quantitative estimate of drug-likeness (QED) is 0.606. The van der Waals surface area contributed by atoms with E-state index in [4.69, 9.17) is 0 Å². The van der Waals surface area contributed by atoms with E-state index in [1.807, 2.05) is 24.5 Å². The van der Waals surface area contributed by atoms with Crippen LogP contribution in [0.1, 0.15) is 13.8 Å². The number of rotatable bonds is 7. The van der Waals surface area contributed by atoms with E-state index in [0.717, 1.165) is 65.7 Å². The Kier molecular flexibility index (Phi) is 6.74. The zero-order valence-electron chi connectivity index (χ0n) is 18.3. The van der Waals surface area contributed by atoms with Crippen LogP contribution >= 0.6 is 11.3 Å². The Morgan fingerprint density at radius 3 is 2.52 bits per heavy atom. The molecular weight excluding hydrogens is 410 g/mol. The molecular formula is C22H29N7OS. The van der Waals surface area contributed by atoms with Gasteiger partial charge >= 0.3 is 0 Å². The number of carbonyl (C=O) groups excluding carboxylic acids is 1. The first-order chi connectivity index (χ1) is 15.1. The van der Waals surface area contributed by atoms with Crippen LogP contribution in [-0.4, -0.2) is 83.5 Å². The van der Waals surface area contributed by atoms with Gasteiger partial charge in [0.2, 0.25) is 5.91 Å². The molecule has 4 rings (SSSR count). The topological polar surface area (TPSA) is 77.5 Å². The summed E-state index contributed by atoms with van der Waals surface area (Å²) in [7, 11) is 2.11. The molecule has 4 heterocycles. The van der Waals surface area contributed by atoms with Crippen LogP contribution in [0.2, 0.25) is 0 Å². The van der Waals surface area contributed by atoms with E-state index in [9.17, 15) is 4.79 Å². The monoisotopic (exact) mass is 439 g/mol. The highest BCUT2D eigenvalue weighted by Gasteiger charge is 2.17. The number of hydrogen-bond acceptors (Lipinski definition) is 8. The minimum Gasteiger partial charge on any atom is -0.349 e. The molecule has 31 heavy (non-hydrogen) atoms. The van der Waals surface area contributed by atoms with Crippen LogP contribution in [-0.2, 0) is 4.79 Å². The van der Waals surface area contributed by atoms with Gasteiger partial charge in [0.15, 0.2) is 5.13 Å². The standard InChI is InChI=1S/C22H29N7OS/c1-4-29(5-2)22-25-14-19(31-22)18-10-16-11-20(24-13-17(16)12-23-18)26-21(30)15-28-8-6-27(3)7-9-28/h10-14H,4-9,15H2,1-3H3,(H,24,26,30). The fraction of sp³-hybridized carbons (Fsp3) is 0.455. The molecule has 1 fully saturated rings. The summed E-state index contributed by atoms with van der Waals surface area (Å²) >= 11 is 1.64. The molecule has 0 aliphatic carbocycles. The summed E-state index contributed by atoms with van der Waals surface area (Å²) in [5.41, 5.74) is 0.879. The summed E-state index contributed by atoms with van der Waals surface area (Å²) in [5.74, 6) is 0.536. The lowest BCUT2D eigenvalue weighted by Gasteiger charge is -2.31. The maximum absolute atomic E-state index is 12.5. The summed E-state index contributed by atoms with van der Waals surface area (Å²) in [6.07, 6.45) is 5.46. The normalized spacial score (nSPS) is 15.3. The van der Waals surface area contributed by atoms with Crippen molar-refractivity contribution >= 4 is 39.0 Å². The molecule has 0 aromatic carbocycles. The van der Waals surface area contributed by atoms with E-state index in [1.54, 1.807) is 17.5 Å². The van der Waals surface area contributed by atoms with Gasteiger partial charge in [-0.15, -0.1) is 0 Å². The summed E-state index contributed by atoms with van der Waals surface area (Å²) < 4.78 is 0. The van der Waals surface area contributed by atoms with Crippen LogP contribution in [0.4, 0.5) is 10.9 Å². The number of likely N-dealkylation sites (N-methyl/N-ethyl adjacent to an activating group) is 1. The van der Waals surface area contributed by atoms with Crippen LogP contribution in [0.25, 0.3) is 21.3 Å². The molecule has 0 atom stereocenters. The summed E-state index contributed by atoms with van der Waals surface area (Å²) in [6.45, 7) is 10.3. The first kappa shape index (κ1) is 21.6. The van der Waals surface area contributed by atoms with E-state index >= 15 is 0 Å². The Hall–Kier alpha value is -2.62. The van der Waals surface area contributed by atoms with Crippen molar-refractivity contribution in [3.8, 4) is 10.6 Å². The molecule has 1 aliphatic rings. The van der Waals surface area contributed by atoms with Gasteiger partial charge in [-0.3, -0.25) is 14.7 Å². The lowest BCUT2D eigenvalue weighted by molar-refractivity contribution is -0.117. The molecule has 1 N–H and O–H groups in total. The second-order valence-corrected chi connectivity index (χ2v) is 8.80. The van der Waals surface area contributed by atoms with E-state index in [1.165, 1.54) is 0 Å². The molecule has 0 saturated carbocycles. The highest BCUT2D eigenvalue weighted by Crippen LogP contribution is 2.31. The molecule has 3 aromatic rings. The van der Waals surface area contributed by atoms with Crippen molar-refractivity contribution in [3.63, 3.8) is 0 Å². The second kappa shape index (κ2) is 9.67. The van der Waals surface area contributed by atoms with Crippen LogP contribution in [0.3, 0.4) is 0 Å². The minimum atomic E-state index is -0.0306. The number of carbonyl (C=O) groups is 1. The lowest BCUT2D eigenvalue weighted by atomic mass is 10.2. The third-order valence-electron chi connectivity index (χ3n) is 5.61.